The molecule has 0 bridgehead atoms. The van der Waals surface area contributed by atoms with Crippen LogP contribution in [0, 0.1) is 5.92 Å². The first-order valence-corrected chi connectivity index (χ1v) is 5.72. The van der Waals surface area contributed by atoms with Crippen molar-refractivity contribution < 1.29 is 4.74 Å². The fraction of sp³-hybridized carbons (Fsp3) is 0.500. The van der Waals surface area contributed by atoms with Crippen molar-refractivity contribution in [3.63, 3.8) is 0 Å². The number of anilines is 3. The molecule has 1 aromatic carbocycles. The Morgan fingerprint density at radius 2 is 2.19 bits per heavy atom. The van der Waals surface area contributed by atoms with Crippen LogP contribution in [0.2, 0.25) is 0 Å². The zero-order valence-electron chi connectivity index (χ0n) is 9.41. The Hall–Kier alpha value is -1.42. The van der Waals surface area contributed by atoms with E-state index in [0.717, 1.165) is 31.9 Å². The van der Waals surface area contributed by atoms with Gasteiger partial charge in [0, 0.05) is 18.8 Å². The largest absolute Gasteiger partial charge is 0.397 e. The smallest absolute Gasteiger partial charge is 0.0568 e. The summed E-state index contributed by atoms with van der Waals surface area (Å²) in [7, 11) is 0. The monoisotopic (exact) mass is 221 g/mol. The quantitative estimate of drug-likeness (QED) is 0.679. The van der Waals surface area contributed by atoms with Crippen LogP contribution in [0.1, 0.15) is 12.8 Å². The van der Waals surface area contributed by atoms with Crippen LogP contribution in [-0.4, -0.2) is 19.8 Å². The topological polar surface area (TPSA) is 73.3 Å². The van der Waals surface area contributed by atoms with Crippen molar-refractivity contribution in [3.05, 3.63) is 18.2 Å². The molecule has 16 heavy (non-hydrogen) atoms. The second kappa shape index (κ2) is 5.07. The molecule has 1 saturated heterocycles. The highest BCUT2D eigenvalue weighted by atomic mass is 16.5. The van der Waals surface area contributed by atoms with Crippen LogP contribution in [0.15, 0.2) is 18.2 Å². The number of nitrogen functional groups attached to an aromatic ring is 2. The third kappa shape index (κ3) is 2.79. The lowest BCUT2D eigenvalue weighted by Crippen LogP contribution is -2.24. The Labute approximate surface area is 96.0 Å². The predicted octanol–water partition coefficient (Wildman–Crippen LogP) is 1.69. The van der Waals surface area contributed by atoms with E-state index < -0.39 is 0 Å². The van der Waals surface area contributed by atoms with E-state index in [1.807, 2.05) is 18.2 Å². The molecule has 1 fully saturated rings. The van der Waals surface area contributed by atoms with Crippen LogP contribution in [0.3, 0.4) is 0 Å². The van der Waals surface area contributed by atoms with Crippen molar-refractivity contribution in [2.45, 2.75) is 12.8 Å². The summed E-state index contributed by atoms with van der Waals surface area (Å²) >= 11 is 0. The lowest BCUT2D eigenvalue weighted by Gasteiger charge is -2.22. The summed E-state index contributed by atoms with van der Waals surface area (Å²) in [6, 6.07) is 5.66. The molecule has 0 spiro atoms. The molecule has 0 aliphatic carbocycles. The minimum Gasteiger partial charge on any atom is -0.397 e. The van der Waals surface area contributed by atoms with Gasteiger partial charge in [-0.15, -0.1) is 0 Å². The highest BCUT2D eigenvalue weighted by Gasteiger charge is 2.13. The Balaban J connectivity index is 1.86. The Morgan fingerprint density at radius 1 is 1.31 bits per heavy atom. The van der Waals surface area contributed by atoms with E-state index in [4.69, 9.17) is 16.2 Å². The minimum atomic E-state index is 0.604. The SMILES string of the molecule is Nc1ccc(NCC2CCCOC2)cc1N. The Morgan fingerprint density at radius 3 is 2.88 bits per heavy atom. The summed E-state index contributed by atoms with van der Waals surface area (Å²) in [5.41, 5.74) is 13.7. The van der Waals surface area contributed by atoms with Gasteiger partial charge in [-0.25, -0.2) is 0 Å². The van der Waals surface area contributed by atoms with E-state index in [9.17, 15) is 0 Å². The van der Waals surface area contributed by atoms with Gasteiger partial charge in [0.1, 0.15) is 0 Å². The van der Waals surface area contributed by atoms with Gasteiger partial charge >= 0.3 is 0 Å². The van der Waals surface area contributed by atoms with Crippen LogP contribution in [0.25, 0.3) is 0 Å². The van der Waals surface area contributed by atoms with Crippen LogP contribution >= 0.6 is 0 Å². The van der Waals surface area contributed by atoms with Gasteiger partial charge in [-0.3, -0.25) is 0 Å². The normalized spacial score (nSPS) is 20.6. The van der Waals surface area contributed by atoms with Gasteiger partial charge in [0.05, 0.1) is 18.0 Å². The molecule has 88 valence electrons. The summed E-state index contributed by atoms with van der Waals surface area (Å²) in [6.45, 7) is 2.70. The number of rotatable bonds is 3. The molecule has 0 amide bonds. The van der Waals surface area contributed by atoms with Gasteiger partial charge in [-0.05, 0) is 37.0 Å². The van der Waals surface area contributed by atoms with Gasteiger partial charge in [0.25, 0.3) is 0 Å². The third-order valence-corrected chi connectivity index (χ3v) is 2.94. The van der Waals surface area contributed by atoms with Crippen molar-refractivity contribution in [2.24, 2.45) is 5.92 Å². The van der Waals surface area contributed by atoms with Crippen molar-refractivity contribution in [1.82, 2.24) is 0 Å². The summed E-state index contributed by atoms with van der Waals surface area (Å²) in [6.07, 6.45) is 2.40. The number of ether oxygens (including phenoxy) is 1. The summed E-state index contributed by atoms with van der Waals surface area (Å²) in [5, 5.41) is 3.37. The maximum atomic E-state index is 5.74. The van der Waals surface area contributed by atoms with Crippen LogP contribution in [0.4, 0.5) is 17.1 Å². The van der Waals surface area contributed by atoms with Crippen LogP contribution in [0.5, 0.6) is 0 Å². The fourth-order valence-corrected chi connectivity index (χ4v) is 1.92. The number of nitrogens with two attached hydrogens (primary N) is 2. The molecule has 1 aliphatic heterocycles. The standard InChI is InChI=1S/C12H19N3O/c13-11-4-3-10(6-12(11)14)15-7-9-2-1-5-16-8-9/h3-4,6,9,15H,1-2,5,7-8,13-14H2. The van der Waals surface area contributed by atoms with Gasteiger partial charge < -0.3 is 21.5 Å². The maximum Gasteiger partial charge on any atom is 0.0568 e. The van der Waals surface area contributed by atoms with Crippen molar-refractivity contribution >= 4 is 17.1 Å². The number of nitrogens with one attached hydrogen (secondary N) is 1. The Bertz CT molecular complexity index is 348. The van der Waals surface area contributed by atoms with E-state index >= 15 is 0 Å². The average Bonchev–Trinajstić information content (AvgIpc) is 2.32. The molecule has 1 aromatic rings. The van der Waals surface area contributed by atoms with Crippen molar-refractivity contribution in [1.29, 1.82) is 0 Å². The van der Waals surface area contributed by atoms with E-state index in [1.54, 1.807) is 0 Å². The molecular weight excluding hydrogens is 202 g/mol. The van der Waals surface area contributed by atoms with Crippen molar-refractivity contribution in [3.8, 4) is 0 Å². The second-order valence-corrected chi connectivity index (χ2v) is 4.31. The molecule has 1 aliphatic rings. The zero-order chi connectivity index (χ0) is 11.4. The van der Waals surface area contributed by atoms with E-state index in [2.05, 4.69) is 5.32 Å². The molecule has 1 atom stereocenters. The number of benzene rings is 1. The molecule has 0 saturated carbocycles. The molecule has 0 radical (unpaired) electrons. The number of hydrogen-bond acceptors (Lipinski definition) is 4. The lowest BCUT2D eigenvalue weighted by molar-refractivity contribution is 0.0595. The second-order valence-electron chi connectivity index (χ2n) is 4.31. The third-order valence-electron chi connectivity index (χ3n) is 2.94. The summed E-state index contributed by atoms with van der Waals surface area (Å²) in [5.74, 6) is 0.604. The van der Waals surface area contributed by atoms with Gasteiger partial charge in [0.2, 0.25) is 0 Å². The minimum absolute atomic E-state index is 0.604. The predicted molar refractivity (Wildman–Crippen MR) is 67.3 cm³/mol. The van der Waals surface area contributed by atoms with Crippen LogP contribution in [-0.2, 0) is 4.74 Å². The first-order valence-electron chi connectivity index (χ1n) is 5.72. The summed E-state index contributed by atoms with van der Waals surface area (Å²) in [4.78, 5) is 0. The maximum absolute atomic E-state index is 5.74. The molecule has 2 rings (SSSR count). The first-order chi connectivity index (χ1) is 7.75. The summed E-state index contributed by atoms with van der Waals surface area (Å²) < 4.78 is 5.43. The first kappa shape index (κ1) is 11.1. The Kier molecular flexibility index (Phi) is 3.51. The highest BCUT2D eigenvalue weighted by molar-refractivity contribution is 5.69. The molecule has 0 aromatic heterocycles. The van der Waals surface area contributed by atoms with Crippen molar-refractivity contribution in [2.75, 3.05) is 36.5 Å². The molecule has 4 heteroatoms. The zero-order valence-corrected chi connectivity index (χ0v) is 9.41. The molecule has 1 heterocycles. The van der Waals surface area contributed by atoms with Crippen LogP contribution < -0.4 is 16.8 Å². The van der Waals surface area contributed by atoms with E-state index in [1.165, 1.54) is 6.42 Å². The highest BCUT2D eigenvalue weighted by Crippen LogP contribution is 2.21. The molecule has 1 unspecified atom stereocenters. The molecular formula is C12H19N3O. The lowest BCUT2D eigenvalue weighted by atomic mass is 10.0. The van der Waals surface area contributed by atoms with E-state index in [-0.39, 0.29) is 0 Å². The molecule has 4 nitrogen and oxygen atoms in total. The number of hydrogen-bond donors (Lipinski definition) is 3. The van der Waals surface area contributed by atoms with Gasteiger partial charge in [-0.1, -0.05) is 0 Å². The van der Waals surface area contributed by atoms with Gasteiger partial charge in [0.15, 0.2) is 0 Å². The average molecular weight is 221 g/mol. The van der Waals surface area contributed by atoms with Gasteiger partial charge in [-0.2, -0.15) is 0 Å². The fourth-order valence-electron chi connectivity index (χ4n) is 1.92. The van der Waals surface area contributed by atoms with E-state index in [0.29, 0.717) is 17.3 Å². The molecule has 5 N–H and O–H groups in total.